The van der Waals surface area contributed by atoms with Crippen LogP contribution in [0.4, 0.5) is 16.4 Å². The lowest BCUT2D eigenvalue weighted by atomic mass is 9.98. The molecular weight excluding hydrogens is 406 g/mol. The highest BCUT2D eigenvalue weighted by Gasteiger charge is 2.26. The quantitative estimate of drug-likeness (QED) is 0.423. The second-order valence-electron chi connectivity index (χ2n) is 7.56. The zero-order chi connectivity index (χ0) is 22.0. The van der Waals surface area contributed by atoms with Crippen molar-refractivity contribution in [2.45, 2.75) is 33.6 Å². The summed E-state index contributed by atoms with van der Waals surface area (Å²) < 4.78 is 4.82. The number of benzene rings is 1. The summed E-state index contributed by atoms with van der Waals surface area (Å²) >= 11 is 1.27. The van der Waals surface area contributed by atoms with Crippen LogP contribution in [0.5, 0.6) is 0 Å². The van der Waals surface area contributed by atoms with Crippen LogP contribution in [0.25, 0.3) is 0 Å². The molecule has 1 aromatic carbocycles. The van der Waals surface area contributed by atoms with Crippen LogP contribution in [0.1, 0.15) is 50.9 Å². The third-order valence-corrected chi connectivity index (χ3v) is 6.68. The minimum absolute atomic E-state index is 0.0936. The lowest BCUT2D eigenvalue weighted by molar-refractivity contribution is -0.384. The smallest absolute Gasteiger partial charge is 0.341 e. The van der Waals surface area contributed by atoms with Crippen LogP contribution in [0.2, 0.25) is 0 Å². The summed E-state index contributed by atoms with van der Waals surface area (Å²) in [6.45, 7) is 7.32. The molecule has 0 unspecified atom stereocenters. The summed E-state index contributed by atoms with van der Waals surface area (Å²) in [6.07, 6.45) is 1.96. The number of thiophene rings is 1. The van der Waals surface area contributed by atoms with Gasteiger partial charge in [-0.1, -0.05) is 6.92 Å². The van der Waals surface area contributed by atoms with Gasteiger partial charge in [0.1, 0.15) is 10.7 Å². The molecule has 2 heterocycles. The number of rotatable bonds is 5. The fraction of sp³-hybridized carbons (Fsp3) is 0.429. The van der Waals surface area contributed by atoms with Gasteiger partial charge in [0, 0.05) is 29.6 Å². The lowest BCUT2D eigenvalue weighted by Gasteiger charge is -2.31. The van der Waals surface area contributed by atoms with E-state index in [4.69, 9.17) is 4.74 Å². The topological polar surface area (TPSA) is 102 Å². The number of ether oxygens (including phenoxy) is 1. The number of hydrogen-bond acceptors (Lipinski definition) is 7. The predicted molar refractivity (Wildman–Crippen MR) is 117 cm³/mol. The number of nitrogens with one attached hydrogen (secondary N) is 1. The number of nitro groups is 1. The van der Waals surface area contributed by atoms with Crippen molar-refractivity contribution in [2.24, 2.45) is 5.92 Å². The number of carbonyl (C=O) groups is 2. The summed E-state index contributed by atoms with van der Waals surface area (Å²) in [7, 11) is 1.28. The second kappa shape index (κ2) is 8.83. The Bertz CT molecular complexity index is 993. The summed E-state index contributed by atoms with van der Waals surface area (Å²) in [5, 5.41) is 14.8. The predicted octanol–water partition coefficient (Wildman–Crippen LogP) is 4.55. The number of aryl methyl sites for hydroxylation is 1. The zero-order valence-corrected chi connectivity index (χ0v) is 18.3. The van der Waals surface area contributed by atoms with Crippen LogP contribution in [0, 0.1) is 29.9 Å². The van der Waals surface area contributed by atoms with Crippen LogP contribution >= 0.6 is 11.3 Å². The third kappa shape index (κ3) is 4.30. The lowest BCUT2D eigenvalue weighted by Crippen LogP contribution is -2.33. The SMILES string of the molecule is COC(=O)c1c(NC(=O)c2ccc(N3CCC(C)CC3)c([N+](=O)[O-])c2)sc(C)c1C. The fourth-order valence-electron chi connectivity index (χ4n) is 3.57. The number of nitrogens with zero attached hydrogens (tertiary/aromatic N) is 2. The largest absolute Gasteiger partial charge is 0.465 e. The molecule has 30 heavy (non-hydrogen) atoms. The van der Waals surface area contributed by atoms with Crippen molar-refractivity contribution < 1.29 is 19.2 Å². The maximum atomic E-state index is 12.8. The van der Waals surface area contributed by atoms with Gasteiger partial charge in [-0.3, -0.25) is 14.9 Å². The molecule has 160 valence electrons. The van der Waals surface area contributed by atoms with Gasteiger partial charge in [-0.25, -0.2) is 4.79 Å². The van der Waals surface area contributed by atoms with Crippen molar-refractivity contribution >= 4 is 39.6 Å². The maximum absolute atomic E-state index is 12.8. The van der Waals surface area contributed by atoms with Gasteiger partial charge in [-0.15, -0.1) is 11.3 Å². The van der Waals surface area contributed by atoms with Crippen molar-refractivity contribution in [3.63, 3.8) is 0 Å². The van der Waals surface area contributed by atoms with Crippen molar-refractivity contribution in [3.8, 4) is 0 Å². The molecule has 2 aromatic rings. The van der Waals surface area contributed by atoms with Crippen LogP contribution in [-0.4, -0.2) is 37.0 Å². The molecule has 1 saturated heterocycles. The number of methoxy groups -OCH3 is 1. The van der Waals surface area contributed by atoms with Gasteiger partial charge < -0.3 is 15.0 Å². The molecule has 1 aliphatic rings. The van der Waals surface area contributed by atoms with E-state index in [1.807, 2.05) is 11.8 Å². The first-order valence-corrected chi connectivity index (χ1v) is 10.6. The highest BCUT2D eigenvalue weighted by molar-refractivity contribution is 7.16. The van der Waals surface area contributed by atoms with Crippen LogP contribution in [0.3, 0.4) is 0 Å². The molecule has 1 N–H and O–H groups in total. The van der Waals surface area contributed by atoms with Gasteiger partial charge in [0.05, 0.1) is 17.6 Å². The zero-order valence-electron chi connectivity index (χ0n) is 17.5. The molecular formula is C21H25N3O5S. The van der Waals surface area contributed by atoms with Gasteiger partial charge in [0.2, 0.25) is 0 Å². The van der Waals surface area contributed by atoms with E-state index in [1.54, 1.807) is 19.1 Å². The Morgan fingerprint density at radius 1 is 1.27 bits per heavy atom. The molecule has 1 amide bonds. The molecule has 1 aromatic heterocycles. The van der Waals surface area contributed by atoms with Crippen molar-refractivity contribution in [1.82, 2.24) is 0 Å². The van der Waals surface area contributed by atoms with Crippen molar-refractivity contribution in [1.29, 1.82) is 0 Å². The Kier molecular flexibility index (Phi) is 6.40. The fourth-order valence-corrected chi connectivity index (χ4v) is 4.61. The minimum Gasteiger partial charge on any atom is -0.465 e. The molecule has 0 atom stereocenters. The average molecular weight is 432 g/mol. The Morgan fingerprint density at radius 3 is 2.53 bits per heavy atom. The Labute approximate surface area is 179 Å². The molecule has 0 spiro atoms. The number of anilines is 2. The number of nitro benzene ring substituents is 1. The van der Waals surface area contributed by atoms with Crippen molar-refractivity contribution in [3.05, 3.63) is 49.9 Å². The van der Waals surface area contributed by atoms with Gasteiger partial charge in [0.25, 0.3) is 11.6 Å². The number of piperidine rings is 1. The van der Waals surface area contributed by atoms with E-state index in [-0.39, 0.29) is 11.3 Å². The molecule has 0 radical (unpaired) electrons. The Hall–Kier alpha value is -2.94. The van der Waals surface area contributed by atoms with E-state index in [2.05, 4.69) is 12.2 Å². The molecule has 0 bridgehead atoms. The van der Waals surface area contributed by atoms with E-state index in [1.165, 1.54) is 24.5 Å². The standard InChI is InChI=1S/C21H25N3O5S/c1-12-7-9-23(10-8-12)16-6-5-15(11-17(16)24(27)28)19(25)22-20-18(21(26)29-4)13(2)14(3)30-20/h5-6,11-12H,7-10H2,1-4H3,(H,22,25). The first-order chi connectivity index (χ1) is 14.2. The van der Waals surface area contributed by atoms with E-state index < -0.39 is 16.8 Å². The number of esters is 1. The van der Waals surface area contributed by atoms with Crippen LogP contribution < -0.4 is 10.2 Å². The van der Waals surface area contributed by atoms with E-state index in [0.717, 1.165) is 36.4 Å². The normalized spacial score (nSPS) is 14.5. The molecule has 1 fully saturated rings. The third-order valence-electron chi connectivity index (χ3n) is 5.56. The highest BCUT2D eigenvalue weighted by Crippen LogP contribution is 2.35. The minimum atomic E-state index is -0.534. The number of carbonyl (C=O) groups excluding carboxylic acids is 2. The van der Waals surface area contributed by atoms with E-state index in [0.29, 0.717) is 22.2 Å². The highest BCUT2D eigenvalue weighted by atomic mass is 32.1. The molecule has 8 nitrogen and oxygen atoms in total. The summed E-state index contributed by atoms with van der Waals surface area (Å²) in [5.74, 6) is -0.441. The van der Waals surface area contributed by atoms with Gasteiger partial charge in [-0.05, 0) is 50.3 Å². The van der Waals surface area contributed by atoms with Gasteiger partial charge in [0.15, 0.2) is 0 Å². The van der Waals surface area contributed by atoms with E-state index in [9.17, 15) is 19.7 Å². The Morgan fingerprint density at radius 2 is 1.93 bits per heavy atom. The molecule has 9 heteroatoms. The summed E-state index contributed by atoms with van der Waals surface area (Å²) in [4.78, 5) is 39.0. The first kappa shape index (κ1) is 21.8. The molecule has 3 rings (SSSR count). The molecule has 0 aliphatic carbocycles. The Balaban J connectivity index is 1.89. The van der Waals surface area contributed by atoms with Crippen LogP contribution in [-0.2, 0) is 4.74 Å². The van der Waals surface area contributed by atoms with Crippen molar-refractivity contribution in [2.75, 3.05) is 30.4 Å². The summed E-state index contributed by atoms with van der Waals surface area (Å²) in [6, 6.07) is 4.52. The van der Waals surface area contributed by atoms with Gasteiger partial charge in [-0.2, -0.15) is 0 Å². The monoisotopic (exact) mass is 431 g/mol. The number of hydrogen-bond donors (Lipinski definition) is 1. The van der Waals surface area contributed by atoms with Gasteiger partial charge >= 0.3 is 5.97 Å². The molecule has 0 saturated carbocycles. The maximum Gasteiger partial charge on any atom is 0.341 e. The first-order valence-electron chi connectivity index (χ1n) is 9.76. The average Bonchev–Trinajstić information content (AvgIpc) is 3.00. The number of amides is 1. The molecule has 1 aliphatic heterocycles. The second-order valence-corrected chi connectivity index (χ2v) is 8.79. The van der Waals surface area contributed by atoms with Crippen LogP contribution in [0.15, 0.2) is 18.2 Å². The summed E-state index contributed by atoms with van der Waals surface area (Å²) in [5.41, 5.74) is 1.64. The van der Waals surface area contributed by atoms with E-state index >= 15 is 0 Å².